The molecule has 4 nitrogen and oxygen atoms in total. The van der Waals surface area contributed by atoms with Crippen LogP contribution in [-0.2, 0) is 0 Å². The van der Waals surface area contributed by atoms with Crippen molar-refractivity contribution in [1.29, 1.82) is 0 Å². The van der Waals surface area contributed by atoms with Crippen molar-refractivity contribution in [2.24, 2.45) is 5.73 Å². The molecule has 0 aromatic carbocycles. The first kappa shape index (κ1) is 9.92. The third kappa shape index (κ3) is 2.39. The van der Waals surface area contributed by atoms with Crippen molar-refractivity contribution < 1.29 is 9.32 Å². The van der Waals surface area contributed by atoms with Gasteiger partial charge in [0.1, 0.15) is 5.69 Å². The SMILES string of the molecule is CCCC(=O)c1cc(C(C)N)on1. The van der Waals surface area contributed by atoms with E-state index in [-0.39, 0.29) is 11.8 Å². The normalized spacial score (nSPS) is 12.8. The number of rotatable bonds is 4. The summed E-state index contributed by atoms with van der Waals surface area (Å²) in [7, 11) is 0. The van der Waals surface area contributed by atoms with E-state index in [1.54, 1.807) is 13.0 Å². The van der Waals surface area contributed by atoms with Crippen molar-refractivity contribution in [3.8, 4) is 0 Å². The zero-order chi connectivity index (χ0) is 9.84. The Balaban J connectivity index is 2.73. The van der Waals surface area contributed by atoms with E-state index in [0.29, 0.717) is 17.9 Å². The van der Waals surface area contributed by atoms with E-state index in [9.17, 15) is 4.79 Å². The summed E-state index contributed by atoms with van der Waals surface area (Å²) in [5.74, 6) is 0.567. The van der Waals surface area contributed by atoms with Crippen molar-refractivity contribution in [3.05, 3.63) is 17.5 Å². The summed E-state index contributed by atoms with van der Waals surface area (Å²) in [6.45, 7) is 3.74. The van der Waals surface area contributed by atoms with Gasteiger partial charge in [0.05, 0.1) is 6.04 Å². The highest BCUT2D eigenvalue weighted by atomic mass is 16.5. The van der Waals surface area contributed by atoms with Crippen molar-refractivity contribution >= 4 is 5.78 Å². The molecule has 0 saturated carbocycles. The van der Waals surface area contributed by atoms with Crippen molar-refractivity contribution in [3.63, 3.8) is 0 Å². The van der Waals surface area contributed by atoms with Gasteiger partial charge >= 0.3 is 0 Å². The average molecular weight is 182 g/mol. The second kappa shape index (κ2) is 4.18. The van der Waals surface area contributed by atoms with E-state index >= 15 is 0 Å². The number of nitrogens with zero attached hydrogens (tertiary/aromatic N) is 1. The Kier molecular flexibility index (Phi) is 3.19. The van der Waals surface area contributed by atoms with Gasteiger partial charge in [0.15, 0.2) is 11.5 Å². The monoisotopic (exact) mass is 182 g/mol. The maximum absolute atomic E-state index is 11.3. The van der Waals surface area contributed by atoms with Gasteiger partial charge in [-0.2, -0.15) is 0 Å². The minimum Gasteiger partial charge on any atom is -0.359 e. The summed E-state index contributed by atoms with van der Waals surface area (Å²) in [4.78, 5) is 11.3. The summed E-state index contributed by atoms with van der Waals surface area (Å²) in [5, 5.41) is 3.65. The third-order valence-electron chi connectivity index (χ3n) is 1.74. The predicted molar refractivity (Wildman–Crippen MR) is 48.3 cm³/mol. The van der Waals surface area contributed by atoms with E-state index in [1.807, 2.05) is 6.92 Å². The molecule has 1 aromatic rings. The lowest BCUT2D eigenvalue weighted by molar-refractivity contribution is 0.0973. The number of hydrogen-bond donors (Lipinski definition) is 1. The predicted octanol–water partition coefficient (Wildman–Crippen LogP) is 1.68. The van der Waals surface area contributed by atoms with Gasteiger partial charge < -0.3 is 10.3 Å². The molecule has 13 heavy (non-hydrogen) atoms. The van der Waals surface area contributed by atoms with Crippen LogP contribution in [0.5, 0.6) is 0 Å². The smallest absolute Gasteiger partial charge is 0.184 e. The second-order valence-corrected chi connectivity index (χ2v) is 3.08. The van der Waals surface area contributed by atoms with E-state index in [1.165, 1.54) is 0 Å². The summed E-state index contributed by atoms with van der Waals surface area (Å²) in [5.41, 5.74) is 5.94. The van der Waals surface area contributed by atoms with Crippen molar-refractivity contribution in [2.45, 2.75) is 32.7 Å². The molecule has 0 aliphatic heterocycles. The molecule has 0 radical (unpaired) electrons. The van der Waals surface area contributed by atoms with Crippen LogP contribution in [0, 0.1) is 0 Å². The maximum atomic E-state index is 11.3. The number of carbonyl (C=O) groups is 1. The highest BCUT2D eigenvalue weighted by Gasteiger charge is 2.13. The Labute approximate surface area is 77.1 Å². The van der Waals surface area contributed by atoms with Crippen molar-refractivity contribution in [1.82, 2.24) is 5.16 Å². The Morgan fingerprint density at radius 1 is 1.77 bits per heavy atom. The third-order valence-corrected chi connectivity index (χ3v) is 1.74. The van der Waals surface area contributed by atoms with Gasteiger partial charge in [-0.1, -0.05) is 12.1 Å². The van der Waals surface area contributed by atoms with Crippen LogP contribution in [0.15, 0.2) is 10.6 Å². The number of aromatic nitrogens is 1. The Bertz CT molecular complexity index is 292. The Hall–Kier alpha value is -1.16. The standard InChI is InChI=1S/C9H14N2O2/c1-3-4-8(12)7-5-9(6(2)10)13-11-7/h5-6H,3-4,10H2,1-2H3. The fourth-order valence-corrected chi connectivity index (χ4v) is 0.990. The molecule has 2 N–H and O–H groups in total. The minimum absolute atomic E-state index is 0.0122. The summed E-state index contributed by atoms with van der Waals surface area (Å²) in [6, 6.07) is 1.40. The topological polar surface area (TPSA) is 69.1 Å². The van der Waals surface area contributed by atoms with Crippen LogP contribution in [0.25, 0.3) is 0 Å². The Morgan fingerprint density at radius 3 is 2.92 bits per heavy atom. The molecule has 1 rings (SSSR count). The quantitative estimate of drug-likeness (QED) is 0.719. The molecule has 1 aromatic heterocycles. The van der Waals surface area contributed by atoms with E-state index in [4.69, 9.17) is 10.3 Å². The average Bonchev–Trinajstić information content (AvgIpc) is 2.52. The lowest BCUT2D eigenvalue weighted by Crippen LogP contribution is -2.03. The maximum Gasteiger partial charge on any atom is 0.184 e. The number of Topliss-reactive ketones (excluding diaryl/α,β-unsaturated/α-hetero) is 1. The molecule has 1 unspecified atom stereocenters. The van der Waals surface area contributed by atoms with E-state index in [2.05, 4.69) is 5.16 Å². The number of ketones is 1. The fourth-order valence-electron chi connectivity index (χ4n) is 0.990. The summed E-state index contributed by atoms with van der Waals surface area (Å²) in [6.07, 6.45) is 1.32. The molecule has 0 aliphatic carbocycles. The first-order valence-corrected chi connectivity index (χ1v) is 4.40. The van der Waals surface area contributed by atoms with Crippen LogP contribution >= 0.6 is 0 Å². The van der Waals surface area contributed by atoms with Crippen LogP contribution in [0.3, 0.4) is 0 Å². The summed E-state index contributed by atoms with van der Waals surface area (Å²) < 4.78 is 4.90. The van der Waals surface area contributed by atoms with Crippen LogP contribution in [0.2, 0.25) is 0 Å². The van der Waals surface area contributed by atoms with Gasteiger partial charge in [-0.3, -0.25) is 4.79 Å². The van der Waals surface area contributed by atoms with E-state index in [0.717, 1.165) is 6.42 Å². The highest BCUT2D eigenvalue weighted by molar-refractivity contribution is 5.94. The number of carbonyl (C=O) groups excluding carboxylic acids is 1. The van der Waals surface area contributed by atoms with Gasteiger partial charge in [0, 0.05) is 12.5 Å². The first-order valence-electron chi connectivity index (χ1n) is 4.40. The second-order valence-electron chi connectivity index (χ2n) is 3.08. The zero-order valence-corrected chi connectivity index (χ0v) is 7.91. The number of hydrogen-bond acceptors (Lipinski definition) is 4. The number of nitrogens with two attached hydrogens (primary N) is 1. The molecular formula is C9H14N2O2. The largest absolute Gasteiger partial charge is 0.359 e. The molecule has 0 amide bonds. The molecule has 72 valence electrons. The minimum atomic E-state index is -0.212. The van der Waals surface area contributed by atoms with Gasteiger partial charge in [0.2, 0.25) is 0 Å². The Morgan fingerprint density at radius 2 is 2.46 bits per heavy atom. The fraction of sp³-hybridized carbons (Fsp3) is 0.556. The van der Waals surface area contributed by atoms with Crippen LogP contribution in [-0.4, -0.2) is 10.9 Å². The van der Waals surface area contributed by atoms with Gasteiger partial charge in [-0.05, 0) is 13.3 Å². The lowest BCUT2D eigenvalue weighted by Gasteiger charge is -1.94. The van der Waals surface area contributed by atoms with Crippen LogP contribution in [0.1, 0.15) is 49.0 Å². The van der Waals surface area contributed by atoms with Crippen molar-refractivity contribution in [2.75, 3.05) is 0 Å². The molecule has 0 fully saturated rings. The molecule has 0 saturated heterocycles. The molecule has 0 aliphatic rings. The molecule has 0 bridgehead atoms. The van der Waals surface area contributed by atoms with Gasteiger partial charge in [-0.15, -0.1) is 0 Å². The lowest BCUT2D eigenvalue weighted by atomic mass is 10.1. The molecule has 1 atom stereocenters. The molecule has 0 spiro atoms. The van der Waals surface area contributed by atoms with Gasteiger partial charge in [0.25, 0.3) is 0 Å². The zero-order valence-electron chi connectivity index (χ0n) is 7.91. The molecule has 1 heterocycles. The van der Waals surface area contributed by atoms with Crippen LogP contribution in [0.4, 0.5) is 0 Å². The van der Waals surface area contributed by atoms with Crippen LogP contribution < -0.4 is 5.73 Å². The highest BCUT2D eigenvalue weighted by Crippen LogP contribution is 2.12. The molecular weight excluding hydrogens is 168 g/mol. The first-order chi connectivity index (χ1) is 6.15. The molecule has 4 heteroatoms. The van der Waals surface area contributed by atoms with E-state index < -0.39 is 0 Å². The summed E-state index contributed by atoms with van der Waals surface area (Å²) >= 11 is 0. The van der Waals surface area contributed by atoms with Gasteiger partial charge in [-0.25, -0.2) is 0 Å².